The average molecular weight is 317 g/mol. The van der Waals surface area contributed by atoms with Gasteiger partial charge in [0, 0.05) is 36.4 Å². The Bertz CT molecular complexity index is 563. The first kappa shape index (κ1) is 16.9. The van der Waals surface area contributed by atoms with Gasteiger partial charge in [0.2, 0.25) is 0 Å². The molecule has 1 unspecified atom stereocenters. The number of carbonyl (C=O) groups is 2. The van der Waals surface area contributed by atoms with Gasteiger partial charge in [0.25, 0.3) is 11.6 Å². The molecule has 0 spiro atoms. The number of nitro benzene ring substituents is 1. The number of carboxylic acid groups (broad SMARTS) is 1. The average Bonchev–Trinajstić information content (AvgIpc) is 2.41. The maximum absolute atomic E-state index is 11.9. The molecule has 0 saturated heterocycles. The van der Waals surface area contributed by atoms with Gasteiger partial charge < -0.3 is 15.2 Å². The number of ether oxygens (including phenoxy) is 1. The largest absolute Gasteiger partial charge is 0.481 e. The van der Waals surface area contributed by atoms with Gasteiger partial charge in [-0.25, -0.2) is 0 Å². The lowest BCUT2D eigenvalue weighted by Gasteiger charge is -2.14. The van der Waals surface area contributed by atoms with Crippen molar-refractivity contribution in [2.75, 3.05) is 13.7 Å². The molecule has 2 N–H and O–H groups in total. The molecule has 0 bridgehead atoms. The lowest BCUT2D eigenvalue weighted by molar-refractivity contribution is -0.384. The summed E-state index contributed by atoms with van der Waals surface area (Å²) in [5.74, 6) is -1.66. The fourth-order valence-corrected chi connectivity index (χ4v) is 1.78. The van der Waals surface area contributed by atoms with E-state index >= 15 is 0 Å². The fourth-order valence-electron chi connectivity index (χ4n) is 1.55. The highest BCUT2D eigenvalue weighted by molar-refractivity contribution is 6.31. The number of carbonyl (C=O) groups excluding carboxylic acids is 1. The Balaban J connectivity index is 2.75. The number of hydrogen-bond donors (Lipinski definition) is 2. The predicted molar refractivity (Wildman–Crippen MR) is 73.5 cm³/mol. The fraction of sp³-hybridized carbons (Fsp3) is 0.333. The van der Waals surface area contributed by atoms with Crippen LogP contribution in [0, 0.1) is 10.1 Å². The van der Waals surface area contributed by atoms with Gasteiger partial charge in [-0.3, -0.25) is 19.7 Å². The van der Waals surface area contributed by atoms with E-state index in [1.54, 1.807) is 0 Å². The van der Waals surface area contributed by atoms with Crippen LogP contribution >= 0.6 is 11.6 Å². The first-order valence-corrected chi connectivity index (χ1v) is 6.19. The zero-order chi connectivity index (χ0) is 16.0. The Labute approximate surface area is 124 Å². The van der Waals surface area contributed by atoms with E-state index in [2.05, 4.69) is 5.32 Å². The minimum Gasteiger partial charge on any atom is -0.481 e. The number of amides is 1. The van der Waals surface area contributed by atoms with Crippen molar-refractivity contribution >= 4 is 29.2 Å². The van der Waals surface area contributed by atoms with Gasteiger partial charge in [0.05, 0.1) is 17.4 Å². The molecule has 1 aromatic carbocycles. The lowest BCUT2D eigenvalue weighted by Crippen LogP contribution is -2.34. The standard InChI is InChI=1S/C12H13ClN2O6/c1-21-10(5-11(16)17)6-14-12(18)7-2-8(13)4-9(3-7)15(19)20/h2-4,10H,5-6H2,1H3,(H,14,18)(H,16,17). The summed E-state index contributed by atoms with van der Waals surface area (Å²) in [4.78, 5) is 32.5. The van der Waals surface area contributed by atoms with Crippen LogP contribution in [0.5, 0.6) is 0 Å². The Morgan fingerprint density at radius 2 is 2.14 bits per heavy atom. The molecular formula is C12H13ClN2O6. The van der Waals surface area contributed by atoms with E-state index in [1.807, 2.05) is 0 Å². The van der Waals surface area contributed by atoms with E-state index in [9.17, 15) is 19.7 Å². The number of methoxy groups -OCH3 is 1. The van der Waals surface area contributed by atoms with E-state index < -0.39 is 22.9 Å². The van der Waals surface area contributed by atoms with Gasteiger partial charge in [0.15, 0.2) is 0 Å². The number of hydrogen-bond acceptors (Lipinski definition) is 5. The van der Waals surface area contributed by atoms with E-state index in [0.717, 1.165) is 12.1 Å². The second kappa shape index (κ2) is 7.55. The summed E-state index contributed by atoms with van der Waals surface area (Å²) in [7, 11) is 1.32. The van der Waals surface area contributed by atoms with Gasteiger partial charge in [0.1, 0.15) is 0 Å². The van der Waals surface area contributed by atoms with Crippen LogP contribution in [0.15, 0.2) is 18.2 Å². The van der Waals surface area contributed by atoms with Crippen LogP contribution in [0.1, 0.15) is 16.8 Å². The van der Waals surface area contributed by atoms with Crippen molar-refractivity contribution in [1.29, 1.82) is 0 Å². The monoisotopic (exact) mass is 316 g/mol. The van der Waals surface area contributed by atoms with Gasteiger partial charge in [-0.2, -0.15) is 0 Å². The minimum absolute atomic E-state index is 0.0133. The number of nitrogens with one attached hydrogen (secondary N) is 1. The van der Waals surface area contributed by atoms with Crippen molar-refractivity contribution in [2.45, 2.75) is 12.5 Å². The topological polar surface area (TPSA) is 119 Å². The van der Waals surface area contributed by atoms with Gasteiger partial charge in [-0.15, -0.1) is 0 Å². The number of rotatable bonds is 7. The van der Waals surface area contributed by atoms with Crippen LogP contribution < -0.4 is 5.32 Å². The highest BCUT2D eigenvalue weighted by Gasteiger charge is 2.17. The quantitative estimate of drug-likeness (QED) is 0.580. The summed E-state index contributed by atoms with van der Waals surface area (Å²) in [6.45, 7) is -0.0397. The zero-order valence-electron chi connectivity index (χ0n) is 11.0. The highest BCUT2D eigenvalue weighted by atomic mass is 35.5. The van der Waals surface area contributed by atoms with Crippen molar-refractivity contribution in [3.05, 3.63) is 38.9 Å². The molecule has 0 aromatic heterocycles. The molecule has 0 saturated carbocycles. The summed E-state index contributed by atoms with van der Waals surface area (Å²) in [6, 6.07) is 3.49. The van der Waals surface area contributed by atoms with E-state index in [0.29, 0.717) is 0 Å². The number of carboxylic acids is 1. The molecule has 0 aliphatic heterocycles. The SMILES string of the molecule is COC(CNC(=O)c1cc(Cl)cc([N+](=O)[O-])c1)CC(=O)O. The molecule has 8 nitrogen and oxygen atoms in total. The smallest absolute Gasteiger partial charge is 0.306 e. The van der Waals surface area contributed by atoms with E-state index in [-0.39, 0.29) is 29.2 Å². The van der Waals surface area contributed by atoms with Crippen LogP contribution in [0.3, 0.4) is 0 Å². The maximum Gasteiger partial charge on any atom is 0.306 e. The van der Waals surface area contributed by atoms with Crippen LogP contribution in [0.25, 0.3) is 0 Å². The Morgan fingerprint density at radius 3 is 2.67 bits per heavy atom. The van der Waals surface area contributed by atoms with Crippen molar-refractivity contribution in [1.82, 2.24) is 5.32 Å². The molecular weight excluding hydrogens is 304 g/mol. The maximum atomic E-state index is 11.9. The third kappa shape index (κ3) is 5.36. The zero-order valence-corrected chi connectivity index (χ0v) is 11.8. The third-order valence-electron chi connectivity index (χ3n) is 2.58. The normalized spacial score (nSPS) is 11.7. The predicted octanol–water partition coefficient (Wildman–Crippen LogP) is 1.47. The second-order valence-corrected chi connectivity index (χ2v) is 4.56. The first-order chi connectivity index (χ1) is 9.83. The number of nitrogens with zero attached hydrogens (tertiary/aromatic N) is 1. The van der Waals surface area contributed by atoms with Crippen LogP contribution in [0.2, 0.25) is 5.02 Å². The molecule has 0 aliphatic carbocycles. The molecule has 0 radical (unpaired) electrons. The van der Waals surface area contributed by atoms with Crippen molar-refractivity contribution in [2.24, 2.45) is 0 Å². The summed E-state index contributed by atoms with van der Waals surface area (Å²) in [6.07, 6.45) is -0.965. The molecule has 9 heteroatoms. The molecule has 1 atom stereocenters. The third-order valence-corrected chi connectivity index (χ3v) is 2.80. The number of halogens is 1. The molecule has 0 aliphatic rings. The van der Waals surface area contributed by atoms with Crippen LogP contribution in [-0.4, -0.2) is 41.7 Å². The highest BCUT2D eigenvalue weighted by Crippen LogP contribution is 2.20. The van der Waals surface area contributed by atoms with Crippen molar-refractivity contribution in [3.8, 4) is 0 Å². The second-order valence-electron chi connectivity index (χ2n) is 4.12. The van der Waals surface area contributed by atoms with Crippen molar-refractivity contribution < 1.29 is 24.4 Å². The van der Waals surface area contributed by atoms with Crippen LogP contribution in [0.4, 0.5) is 5.69 Å². The summed E-state index contributed by atoms with van der Waals surface area (Å²) < 4.78 is 4.90. The summed E-state index contributed by atoms with van der Waals surface area (Å²) >= 11 is 5.71. The minimum atomic E-state index is -1.06. The van der Waals surface area contributed by atoms with E-state index in [1.165, 1.54) is 13.2 Å². The number of nitro groups is 1. The first-order valence-electron chi connectivity index (χ1n) is 5.81. The summed E-state index contributed by atoms with van der Waals surface area (Å²) in [5.41, 5.74) is -0.291. The molecule has 1 rings (SSSR count). The Hall–Kier alpha value is -2.19. The van der Waals surface area contributed by atoms with Gasteiger partial charge in [-0.05, 0) is 6.07 Å². The molecule has 114 valence electrons. The molecule has 0 fully saturated rings. The molecule has 0 heterocycles. The van der Waals surface area contributed by atoms with Crippen molar-refractivity contribution in [3.63, 3.8) is 0 Å². The van der Waals surface area contributed by atoms with Gasteiger partial charge >= 0.3 is 5.97 Å². The van der Waals surface area contributed by atoms with E-state index in [4.69, 9.17) is 21.4 Å². The van der Waals surface area contributed by atoms with Gasteiger partial charge in [-0.1, -0.05) is 11.6 Å². The Morgan fingerprint density at radius 1 is 1.48 bits per heavy atom. The number of non-ortho nitro benzene ring substituents is 1. The Kier molecular flexibility index (Phi) is 6.07. The number of benzene rings is 1. The van der Waals surface area contributed by atoms with Crippen LogP contribution in [-0.2, 0) is 9.53 Å². The molecule has 1 amide bonds. The lowest BCUT2D eigenvalue weighted by atomic mass is 10.2. The number of aliphatic carboxylic acids is 1. The molecule has 21 heavy (non-hydrogen) atoms. The summed E-state index contributed by atoms with van der Waals surface area (Å²) in [5, 5.41) is 21.8. The molecule has 1 aromatic rings.